The van der Waals surface area contributed by atoms with Gasteiger partial charge in [0, 0.05) is 6.61 Å². The van der Waals surface area contributed by atoms with Crippen LogP contribution in [0.25, 0.3) is 0 Å². The fraction of sp³-hybridized carbons (Fsp3) is 0.571. The van der Waals surface area contributed by atoms with E-state index in [2.05, 4.69) is 39.0 Å². The summed E-state index contributed by atoms with van der Waals surface area (Å²) >= 11 is 6.54. The Bertz CT molecular complexity index is 375. The number of benzene rings is 1. The van der Waals surface area contributed by atoms with Crippen molar-refractivity contribution >= 4 is 11.6 Å². The molecule has 0 aromatic heterocycles. The van der Waals surface area contributed by atoms with Crippen LogP contribution in [0.4, 0.5) is 0 Å². The first kappa shape index (κ1) is 11.9. The van der Waals surface area contributed by atoms with Crippen molar-refractivity contribution in [3.63, 3.8) is 0 Å². The zero-order valence-electron chi connectivity index (χ0n) is 10.2. The summed E-state index contributed by atoms with van der Waals surface area (Å²) in [4.78, 5) is 0. The Balaban J connectivity index is 2.23. The Kier molecular flexibility index (Phi) is 3.56. The molecule has 0 bridgehead atoms. The highest BCUT2D eigenvalue weighted by Crippen LogP contribution is 2.37. The van der Waals surface area contributed by atoms with E-state index in [1.807, 2.05) is 0 Å². The van der Waals surface area contributed by atoms with E-state index >= 15 is 0 Å². The lowest BCUT2D eigenvalue weighted by Gasteiger charge is -2.22. The van der Waals surface area contributed by atoms with Gasteiger partial charge in [0.1, 0.15) is 0 Å². The van der Waals surface area contributed by atoms with E-state index in [9.17, 15) is 0 Å². The quantitative estimate of drug-likeness (QED) is 0.708. The maximum atomic E-state index is 6.54. The number of alkyl halides is 1. The van der Waals surface area contributed by atoms with Crippen LogP contribution in [0.3, 0.4) is 0 Å². The Morgan fingerprint density at radius 2 is 2.12 bits per heavy atom. The molecule has 0 amide bonds. The van der Waals surface area contributed by atoms with Crippen molar-refractivity contribution in [2.45, 2.75) is 38.7 Å². The molecule has 0 saturated carbocycles. The number of halogens is 1. The predicted molar refractivity (Wildman–Crippen MR) is 68.0 cm³/mol. The third-order valence-electron chi connectivity index (χ3n) is 3.46. The molecule has 1 fully saturated rings. The lowest BCUT2D eigenvalue weighted by atomic mass is 9.94. The lowest BCUT2D eigenvalue weighted by molar-refractivity contribution is 0.0902. The second-order valence-corrected chi connectivity index (χ2v) is 5.33. The monoisotopic (exact) mass is 238 g/mol. The van der Waals surface area contributed by atoms with Gasteiger partial charge in [-0.1, -0.05) is 30.7 Å². The second kappa shape index (κ2) is 4.77. The number of hydrogen-bond acceptors (Lipinski definition) is 1. The number of rotatable bonds is 2. The Labute approximate surface area is 103 Å². The standard InChI is InChI=1S/C14H19ClO/c1-9-4-5-12(11(3)8-9)13(15)14-10(2)6-7-16-14/h4-5,8,10,13-14H,6-7H2,1-3H3. The van der Waals surface area contributed by atoms with Crippen LogP contribution >= 0.6 is 11.6 Å². The van der Waals surface area contributed by atoms with Crippen molar-refractivity contribution < 1.29 is 4.74 Å². The summed E-state index contributed by atoms with van der Waals surface area (Å²) < 4.78 is 5.73. The molecule has 1 heterocycles. The molecule has 2 heteroatoms. The molecule has 1 saturated heterocycles. The minimum absolute atomic E-state index is 0.0156. The fourth-order valence-corrected chi connectivity index (χ4v) is 2.97. The molecule has 0 aliphatic carbocycles. The number of aryl methyl sites for hydroxylation is 2. The molecule has 1 aromatic carbocycles. The van der Waals surface area contributed by atoms with Crippen molar-refractivity contribution in [3.8, 4) is 0 Å². The molecule has 2 rings (SSSR count). The molecular weight excluding hydrogens is 220 g/mol. The SMILES string of the molecule is Cc1ccc(C(Cl)C2OCCC2C)c(C)c1. The zero-order valence-corrected chi connectivity index (χ0v) is 10.9. The van der Waals surface area contributed by atoms with Gasteiger partial charge in [-0.2, -0.15) is 0 Å². The maximum Gasteiger partial charge on any atom is 0.0852 e. The normalized spacial score (nSPS) is 27.0. The maximum absolute atomic E-state index is 6.54. The molecule has 1 nitrogen and oxygen atoms in total. The van der Waals surface area contributed by atoms with Gasteiger partial charge in [-0.15, -0.1) is 11.6 Å². The minimum atomic E-state index is -0.0156. The van der Waals surface area contributed by atoms with E-state index in [0.29, 0.717) is 5.92 Å². The minimum Gasteiger partial charge on any atom is -0.376 e. The number of hydrogen-bond donors (Lipinski definition) is 0. The van der Waals surface area contributed by atoms with Gasteiger partial charge in [0.25, 0.3) is 0 Å². The molecule has 0 N–H and O–H groups in total. The van der Waals surface area contributed by atoms with Crippen LogP contribution in [0, 0.1) is 19.8 Å². The van der Waals surface area contributed by atoms with E-state index in [0.717, 1.165) is 13.0 Å². The lowest BCUT2D eigenvalue weighted by Crippen LogP contribution is -2.20. The van der Waals surface area contributed by atoms with Gasteiger partial charge in [-0.05, 0) is 37.3 Å². The summed E-state index contributed by atoms with van der Waals surface area (Å²) in [5.74, 6) is 0.559. The highest BCUT2D eigenvalue weighted by atomic mass is 35.5. The van der Waals surface area contributed by atoms with Gasteiger partial charge >= 0.3 is 0 Å². The summed E-state index contributed by atoms with van der Waals surface area (Å²) in [6, 6.07) is 6.44. The highest BCUT2D eigenvalue weighted by molar-refractivity contribution is 6.21. The first-order valence-corrected chi connectivity index (χ1v) is 6.36. The van der Waals surface area contributed by atoms with Gasteiger partial charge < -0.3 is 4.74 Å². The molecule has 1 aromatic rings. The van der Waals surface area contributed by atoms with Crippen LogP contribution in [0.2, 0.25) is 0 Å². The molecule has 3 unspecified atom stereocenters. The fourth-order valence-electron chi connectivity index (χ4n) is 2.40. The van der Waals surface area contributed by atoms with Gasteiger partial charge in [0.15, 0.2) is 0 Å². The van der Waals surface area contributed by atoms with Crippen LogP contribution < -0.4 is 0 Å². The van der Waals surface area contributed by atoms with Crippen molar-refractivity contribution in [2.75, 3.05) is 6.61 Å². The smallest absolute Gasteiger partial charge is 0.0852 e. The Morgan fingerprint density at radius 3 is 2.69 bits per heavy atom. The average molecular weight is 239 g/mol. The summed E-state index contributed by atoms with van der Waals surface area (Å²) in [6.45, 7) is 7.29. The first-order chi connectivity index (χ1) is 7.59. The molecule has 1 aliphatic heterocycles. The van der Waals surface area contributed by atoms with Gasteiger partial charge in [-0.3, -0.25) is 0 Å². The van der Waals surface area contributed by atoms with Crippen molar-refractivity contribution in [2.24, 2.45) is 5.92 Å². The molecule has 88 valence electrons. The molecule has 3 atom stereocenters. The number of ether oxygens (including phenoxy) is 1. The molecule has 0 radical (unpaired) electrons. The Hall–Kier alpha value is -0.530. The van der Waals surface area contributed by atoms with Gasteiger partial charge in [0.2, 0.25) is 0 Å². The molecular formula is C14H19ClO. The van der Waals surface area contributed by atoms with E-state index in [4.69, 9.17) is 16.3 Å². The summed E-state index contributed by atoms with van der Waals surface area (Å²) in [7, 11) is 0. The van der Waals surface area contributed by atoms with Crippen molar-refractivity contribution in [3.05, 3.63) is 34.9 Å². The van der Waals surface area contributed by atoms with Crippen LogP contribution in [0.5, 0.6) is 0 Å². The molecule has 16 heavy (non-hydrogen) atoms. The first-order valence-electron chi connectivity index (χ1n) is 5.92. The van der Waals surface area contributed by atoms with Crippen molar-refractivity contribution in [1.82, 2.24) is 0 Å². The summed E-state index contributed by atoms with van der Waals surface area (Å²) in [6.07, 6.45) is 1.29. The van der Waals surface area contributed by atoms with E-state index in [1.165, 1.54) is 16.7 Å². The summed E-state index contributed by atoms with van der Waals surface area (Å²) in [5, 5.41) is -0.0156. The zero-order chi connectivity index (χ0) is 11.7. The van der Waals surface area contributed by atoms with Crippen LogP contribution in [0.15, 0.2) is 18.2 Å². The van der Waals surface area contributed by atoms with E-state index < -0.39 is 0 Å². The third kappa shape index (κ3) is 2.26. The van der Waals surface area contributed by atoms with Crippen LogP contribution in [0.1, 0.15) is 35.4 Å². The topological polar surface area (TPSA) is 9.23 Å². The average Bonchev–Trinajstić information content (AvgIpc) is 2.63. The molecule has 1 aliphatic rings. The largest absolute Gasteiger partial charge is 0.376 e. The third-order valence-corrected chi connectivity index (χ3v) is 3.94. The van der Waals surface area contributed by atoms with Gasteiger partial charge in [0.05, 0.1) is 11.5 Å². The second-order valence-electron chi connectivity index (χ2n) is 4.86. The van der Waals surface area contributed by atoms with E-state index in [-0.39, 0.29) is 11.5 Å². The van der Waals surface area contributed by atoms with Crippen LogP contribution in [-0.4, -0.2) is 12.7 Å². The van der Waals surface area contributed by atoms with E-state index in [1.54, 1.807) is 0 Å². The highest BCUT2D eigenvalue weighted by Gasteiger charge is 2.32. The molecule has 0 spiro atoms. The van der Waals surface area contributed by atoms with Gasteiger partial charge in [-0.25, -0.2) is 0 Å². The van der Waals surface area contributed by atoms with Crippen LogP contribution in [-0.2, 0) is 4.74 Å². The Morgan fingerprint density at radius 1 is 1.38 bits per heavy atom. The van der Waals surface area contributed by atoms with Crippen molar-refractivity contribution in [1.29, 1.82) is 0 Å². The summed E-state index contributed by atoms with van der Waals surface area (Å²) in [5.41, 5.74) is 3.76. The predicted octanol–water partition coefficient (Wildman–Crippen LogP) is 4.01.